The highest BCUT2D eigenvalue weighted by molar-refractivity contribution is 5.92. The maximum atomic E-state index is 14.4. The Morgan fingerprint density at radius 2 is 2.00 bits per heavy atom. The zero-order valence-electron chi connectivity index (χ0n) is 15.5. The monoisotopic (exact) mass is 370 g/mol. The molecular formula is C20H23FN4O2. The molecule has 0 aliphatic carbocycles. The van der Waals surface area contributed by atoms with Gasteiger partial charge in [-0.15, -0.1) is 0 Å². The van der Waals surface area contributed by atoms with Crippen LogP contribution in [0.15, 0.2) is 41.5 Å². The first kappa shape index (κ1) is 18.7. The van der Waals surface area contributed by atoms with Gasteiger partial charge in [0.25, 0.3) is 0 Å². The van der Waals surface area contributed by atoms with Crippen LogP contribution in [0.25, 0.3) is 0 Å². The number of halogens is 1. The molecule has 0 unspecified atom stereocenters. The van der Waals surface area contributed by atoms with Crippen molar-refractivity contribution in [3.8, 4) is 5.75 Å². The lowest BCUT2D eigenvalue weighted by molar-refractivity contribution is 0.252. The molecule has 0 saturated carbocycles. The number of benzene rings is 2. The number of hydrazone groups is 1. The molecule has 0 spiro atoms. The number of nitrogens with one attached hydrogen (secondary N) is 2. The molecule has 142 valence electrons. The highest BCUT2D eigenvalue weighted by Gasteiger charge is 2.17. The number of methoxy groups -OCH3 is 1. The Morgan fingerprint density at radius 1 is 1.26 bits per heavy atom. The molecule has 2 aromatic rings. The Morgan fingerprint density at radius 3 is 2.74 bits per heavy atom. The summed E-state index contributed by atoms with van der Waals surface area (Å²) in [5.41, 5.74) is 5.06. The Hall–Kier alpha value is -3.09. The molecule has 0 aromatic heterocycles. The lowest BCUT2D eigenvalue weighted by Crippen LogP contribution is -2.24. The smallest absolute Gasteiger partial charge is 0.339 e. The maximum absolute atomic E-state index is 14.4. The van der Waals surface area contributed by atoms with E-state index < -0.39 is 6.03 Å². The molecule has 1 aliphatic rings. The molecule has 1 saturated heterocycles. The van der Waals surface area contributed by atoms with Gasteiger partial charge in [0.1, 0.15) is 11.6 Å². The number of aryl methyl sites for hydroxylation is 1. The van der Waals surface area contributed by atoms with E-state index >= 15 is 0 Å². The molecule has 0 bridgehead atoms. The quantitative estimate of drug-likeness (QED) is 0.620. The van der Waals surface area contributed by atoms with E-state index in [1.165, 1.54) is 19.4 Å². The lowest BCUT2D eigenvalue weighted by atomic mass is 10.1. The number of hydrogen-bond donors (Lipinski definition) is 2. The molecule has 2 aromatic carbocycles. The highest BCUT2D eigenvalue weighted by atomic mass is 19.1. The summed E-state index contributed by atoms with van der Waals surface area (Å²) < 4.78 is 19.6. The number of rotatable bonds is 5. The minimum Gasteiger partial charge on any atom is -0.495 e. The second kappa shape index (κ2) is 8.53. The molecule has 0 atom stereocenters. The summed E-state index contributed by atoms with van der Waals surface area (Å²) in [5, 5.41) is 6.56. The molecular weight excluding hydrogens is 347 g/mol. The molecule has 2 amide bonds. The van der Waals surface area contributed by atoms with Crippen molar-refractivity contribution < 1.29 is 13.9 Å². The van der Waals surface area contributed by atoms with E-state index in [-0.39, 0.29) is 5.82 Å². The predicted molar refractivity (Wildman–Crippen MR) is 105 cm³/mol. The minimum absolute atomic E-state index is 0.276. The molecule has 7 heteroatoms. The summed E-state index contributed by atoms with van der Waals surface area (Å²) in [6.07, 6.45) is 3.62. The molecule has 6 nitrogen and oxygen atoms in total. The van der Waals surface area contributed by atoms with Crippen molar-refractivity contribution in [3.63, 3.8) is 0 Å². The summed E-state index contributed by atoms with van der Waals surface area (Å²) >= 11 is 0. The number of carbonyl (C=O) groups excluding carboxylic acids is 1. The number of nitrogens with zero attached hydrogens (tertiary/aromatic N) is 2. The van der Waals surface area contributed by atoms with E-state index in [9.17, 15) is 9.18 Å². The molecule has 1 heterocycles. The highest BCUT2D eigenvalue weighted by Crippen LogP contribution is 2.26. The predicted octanol–water partition coefficient (Wildman–Crippen LogP) is 3.90. The third-order valence-electron chi connectivity index (χ3n) is 4.51. The second-order valence-electron chi connectivity index (χ2n) is 6.38. The molecule has 1 fully saturated rings. The number of anilines is 2. The zero-order chi connectivity index (χ0) is 19.2. The van der Waals surface area contributed by atoms with Gasteiger partial charge in [-0.2, -0.15) is 5.10 Å². The van der Waals surface area contributed by atoms with Gasteiger partial charge in [-0.1, -0.05) is 12.1 Å². The van der Waals surface area contributed by atoms with Crippen LogP contribution in [0.1, 0.15) is 24.0 Å². The molecule has 3 rings (SSSR count). The van der Waals surface area contributed by atoms with Gasteiger partial charge in [-0.3, -0.25) is 0 Å². The Bertz CT molecular complexity index is 848. The first-order chi connectivity index (χ1) is 13.1. The normalized spacial score (nSPS) is 13.8. The van der Waals surface area contributed by atoms with Crippen molar-refractivity contribution in [1.29, 1.82) is 0 Å². The zero-order valence-corrected chi connectivity index (χ0v) is 15.5. The van der Waals surface area contributed by atoms with Crippen molar-refractivity contribution in [3.05, 3.63) is 53.3 Å². The molecule has 1 aliphatic heterocycles. The first-order valence-electron chi connectivity index (χ1n) is 8.86. The molecule has 2 N–H and O–H groups in total. The van der Waals surface area contributed by atoms with Crippen LogP contribution in [0.5, 0.6) is 5.75 Å². The molecule has 27 heavy (non-hydrogen) atoms. The fraction of sp³-hybridized carbons (Fsp3) is 0.300. The lowest BCUT2D eigenvalue weighted by Gasteiger charge is -2.19. The Kier molecular flexibility index (Phi) is 5.90. The van der Waals surface area contributed by atoms with Crippen LogP contribution >= 0.6 is 0 Å². The van der Waals surface area contributed by atoms with Crippen LogP contribution in [-0.2, 0) is 0 Å². The van der Waals surface area contributed by atoms with Gasteiger partial charge in [0.15, 0.2) is 0 Å². The van der Waals surface area contributed by atoms with Gasteiger partial charge >= 0.3 is 6.03 Å². The first-order valence-corrected chi connectivity index (χ1v) is 8.86. The van der Waals surface area contributed by atoms with Gasteiger partial charge in [0.05, 0.1) is 24.7 Å². The number of amides is 2. The largest absolute Gasteiger partial charge is 0.495 e. The third kappa shape index (κ3) is 4.55. The summed E-state index contributed by atoms with van der Waals surface area (Å²) in [6, 6.07) is 9.83. The average Bonchev–Trinajstić information content (AvgIpc) is 3.19. The maximum Gasteiger partial charge on any atom is 0.339 e. The number of urea groups is 1. The molecule has 0 radical (unpaired) electrons. The van der Waals surface area contributed by atoms with Crippen LogP contribution in [0.4, 0.5) is 20.6 Å². The number of ether oxygens (including phenoxy) is 1. The number of para-hydroxylation sites is 2. The number of hydrogen-bond acceptors (Lipinski definition) is 4. The summed E-state index contributed by atoms with van der Waals surface area (Å²) in [5.74, 6) is 0.273. The SMILES string of the molecule is COc1ccccc1NC(=O)NN=Cc1cc(F)c(N2CCCC2)cc1C. The summed E-state index contributed by atoms with van der Waals surface area (Å²) in [4.78, 5) is 14.0. The van der Waals surface area contributed by atoms with Gasteiger partial charge in [-0.05, 0) is 49.6 Å². The van der Waals surface area contributed by atoms with E-state index in [1.807, 2.05) is 19.1 Å². The third-order valence-corrected chi connectivity index (χ3v) is 4.51. The van der Waals surface area contributed by atoms with Crippen LogP contribution in [0.2, 0.25) is 0 Å². The van der Waals surface area contributed by atoms with Gasteiger partial charge in [-0.25, -0.2) is 14.6 Å². The van der Waals surface area contributed by atoms with Gasteiger partial charge in [0, 0.05) is 18.7 Å². The second-order valence-corrected chi connectivity index (χ2v) is 6.38. The fourth-order valence-electron chi connectivity index (χ4n) is 3.08. The van der Waals surface area contributed by atoms with Crippen molar-refractivity contribution in [2.24, 2.45) is 5.10 Å². The standard InChI is InChI=1S/C20H23FN4O2/c1-14-11-18(25-9-5-6-10-25)16(21)12-15(14)13-22-24-20(26)23-17-7-3-4-8-19(17)27-2/h3-4,7-8,11-13H,5-6,9-10H2,1-2H3,(H2,23,24,26). The average molecular weight is 370 g/mol. The summed E-state index contributed by atoms with van der Waals surface area (Å²) in [6.45, 7) is 3.66. The van der Waals surface area contributed by atoms with E-state index in [1.54, 1.807) is 18.2 Å². The van der Waals surface area contributed by atoms with Crippen molar-refractivity contribution in [2.45, 2.75) is 19.8 Å². The minimum atomic E-state index is -0.512. The van der Waals surface area contributed by atoms with Gasteiger partial charge < -0.3 is 15.0 Å². The van der Waals surface area contributed by atoms with E-state index in [4.69, 9.17) is 4.74 Å². The fourth-order valence-corrected chi connectivity index (χ4v) is 3.08. The van der Waals surface area contributed by atoms with Crippen LogP contribution in [-0.4, -0.2) is 32.4 Å². The Balaban J connectivity index is 1.64. The van der Waals surface area contributed by atoms with Crippen LogP contribution < -0.4 is 20.4 Å². The number of carbonyl (C=O) groups is 1. The van der Waals surface area contributed by atoms with E-state index in [2.05, 4.69) is 20.7 Å². The van der Waals surface area contributed by atoms with Crippen LogP contribution in [0, 0.1) is 12.7 Å². The van der Waals surface area contributed by atoms with Gasteiger partial charge in [0.2, 0.25) is 0 Å². The van der Waals surface area contributed by atoms with E-state index in [0.717, 1.165) is 31.5 Å². The van der Waals surface area contributed by atoms with E-state index in [0.29, 0.717) is 22.7 Å². The topological polar surface area (TPSA) is 66.0 Å². The van der Waals surface area contributed by atoms with Crippen molar-refractivity contribution in [1.82, 2.24) is 5.43 Å². The van der Waals surface area contributed by atoms with Crippen LogP contribution in [0.3, 0.4) is 0 Å². The van der Waals surface area contributed by atoms with Crippen molar-refractivity contribution in [2.75, 3.05) is 30.4 Å². The van der Waals surface area contributed by atoms with Crippen molar-refractivity contribution >= 4 is 23.6 Å². The Labute approximate surface area is 158 Å². The summed E-state index contributed by atoms with van der Waals surface area (Å²) in [7, 11) is 1.53.